The molecule has 2 N–H and O–H groups in total. The van der Waals surface area contributed by atoms with E-state index in [1.165, 1.54) is 20.7 Å². The van der Waals surface area contributed by atoms with Crippen molar-refractivity contribution < 1.29 is 14.3 Å². The smallest absolute Gasteiger partial charge is 0.293 e. The molecule has 0 saturated carbocycles. The highest BCUT2D eigenvalue weighted by atomic mass is 32.1. The van der Waals surface area contributed by atoms with Crippen molar-refractivity contribution in [3.05, 3.63) is 90.0 Å². The molecule has 0 radical (unpaired) electrons. The Hall–Kier alpha value is -4.24. The lowest BCUT2D eigenvalue weighted by atomic mass is 10.1. The summed E-state index contributed by atoms with van der Waals surface area (Å²) in [6.07, 6.45) is 0.912. The maximum Gasteiger partial charge on any atom is 0.293 e. The van der Waals surface area contributed by atoms with Crippen LogP contribution in [0.4, 0.5) is 10.8 Å². The van der Waals surface area contributed by atoms with Crippen molar-refractivity contribution in [1.29, 1.82) is 0 Å². The molecule has 2 heterocycles. The van der Waals surface area contributed by atoms with Crippen LogP contribution in [-0.4, -0.2) is 55.0 Å². The van der Waals surface area contributed by atoms with Crippen LogP contribution in [0.15, 0.2) is 83.9 Å². The number of aryl methyl sites for hydroxylation is 1. The average Bonchev–Trinajstić information content (AvgIpc) is 3.49. The van der Waals surface area contributed by atoms with Crippen LogP contribution in [0.3, 0.4) is 0 Å². The number of likely N-dealkylation sites (N-methyl/N-ethyl adjacent to an activating group) is 1. The number of aliphatic imine (C=N–C) groups is 1. The highest BCUT2D eigenvalue weighted by Gasteiger charge is 2.20. The predicted molar refractivity (Wildman–Crippen MR) is 156 cm³/mol. The summed E-state index contributed by atoms with van der Waals surface area (Å²) < 4.78 is 5.35. The van der Waals surface area contributed by atoms with Gasteiger partial charge in [0.25, 0.3) is 12.4 Å². The molecule has 5 rings (SSSR count). The summed E-state index contributed by atoms with van der Waals surface area (Å²) in [6.45, 7) is 5.79. The number of hydrogen-bond acceptors (Lipinski definition) is 8. The van der Waals surface area contributed by atoms with Crippen LogP contribution in [0.25, 0.3) is 10.2 Å². The lowest BCUT2D eigenvalue weighted by Gasteiger charge is -2.14. The van der Waals surface area contributed by atoms with E-state index < -0.39 is 0 Å². The number of para-hydroxylation sites is 1. The first kappa shape index (κ1) is 28.3. The number of carbonyl (C=O) groups is 2. The molecule has 38 heavy (non-hydrogen) atoms. The van der Waals surface area contributed by atoms with Crippen LogP contribution in [0.2, 0.25) is 0 Å². The lowest BCUT2D eigenvalue weighted by molar-refractivity contribution is -0.128. The molecule has 1 aliphatic heterocycles. The van der Waals surface area contributed by atoms with Crippen molar-refractivity contribution >= 4 is 50.7 Å². The molecule has 0 fully saturated rings. The van der Waals surface area contributed by atoms with E-state index in [2.05, 4.69) is 62.6 Å². The number of benzene rings is 3. The quantitative estimate of drug-likeness (QED) is 0.312. The van der Waals surface area contributed by atoms with Gasteiger partial charge in [0, 0.05) is 19.3 Å². The average molecular weight is 532 g/mol. The number of anilines is 2. The number of guanidine groups is 1. The second-order valence-corrected chi connectivity index (χ2v) is 9.31. The van der Waals surface area contributed by atoms with Gasteiger partial charge in [-0.05, 0) is 50.1 Å². The molecule has 198 valence electrons. The molecule has 0 aliphatic carbocycles. The van der Waals surface area contributed by atoms with Crippen LogP contribution in [0.1, 0.15) is 18.1 Å². The van der Waals surface area contributed by atoms with E-state index in [-0.39, 0.29) is 12.5 Å². The van der Waals surface area contributed by atoms with Crippen LogP contribution < -0.4 is 10.6 Å². The Kier molecular flexibility index (Phi) is 11.3. The molecule has 9 heteroatoms. The maximum absolute atomic E-state index is 11.5. The molecule has 0 saturated heterocycles. The van der Waals surface area contributed by atoms with Gasteiger partial charge < -0.3 is 15.4 Å². The summed E-state index contributed by atoms with van der Waals surface area (Å²) in [5.74, 6) is 0.602. The van der Waals surface area contributed by atoms with Crippen molar-refractivity contribution in [3.63, 3.8) is 0 Å². The third kappa shape index (κ3) is 9.01. The van der Waals surface area contributed by atoms with Gasteiger partial charge in [-0.2, -0.15) is 0 Å². The predicted octanol–water partition coefficient (Wildman–Crippen LogP) is 5.37. The molecular weight excluding hydrogens is 498 g/mol. The first-order valence-corrected chi connectivity index (χ1v) is 13.1. The number of carbonyl (C=O) groups excluding carboxylic acids is 2. The first-order valence-electron chi connectivity index (χ1n) is 12.3. The summed E-state index contributed by atoms with van der Waals surface area (Å²) in [6, 6.07) is 26.6. The minimum Gasteiger partial charge on any atom is -0.468 e. The lowest BCUT2D eigenvalue weighted by Crippen LogP contribution is -2.32. The maximum atomic E-state index is 11.5. The molecule has 4 aromatic rings. The number of ether oxygens (including phenoxy) is 1. The normalized spacial score (nSPS) is 12.0. The van der Waals surface area contributed by atoms with Gasteiger partial charge >= 0.3 is 0 Å². The van der Waals surface area contributed by atoms with E-state index >= 15 is 0 Å². The molecule has 1 amide bonds. The van der Waals surface area contributed by atoms with Crippen LogP contribution in [-0.2, 0) is 20.7 Å². The van der Waals surface area contributed by atoms with Gasteiger partial charge in [-0.1, -0.05) is 71.5 Å². The first-order chi connectivity index (χ1) is 18.5. The second-order valence-electron chi connectivity index (χ2n) is 8.28. The van der Waals surface area contributed by atoms with Crippen molar-refractivity contribution in [1.82, 2.24) is 9.88 Å². The Balaban J connectivity index is 0.000000276. The van der Waals surface area contributed by atoms with Crippen molar-refractivity contribution in [2.45, 2.75) is 20.3 Å². The van der Waals surface area contributed by atoms with Crippen LogP contribution in [0.5, 0.6) is 0 Å². The van der Waals surface area contributed by atoms with Gasteiger partial charge in [0.15, 0.2) is 5.13 Å². The minimum absolute atomic E-state index is 0.00467. The monoisotopic (exact) mass is 531 g/mol. The summed E-state index contributed by atoms with van der Waals surface area (Å²) in [5, 5.41) is 7.53. The van der Waals surface area contributed by atoms with Crippen molar-refractivity contribution in [3.8, 4) is 0 Å². The molecular formula is C29H33N5O3S. The van der Waals surface area contributed by atoms with E-state index in [1.807, 2.05) is 48.5 Å². The van der Waals surface area contributed by atoms with Gasteiger partial charge in [-0.15, -0.1) is 0 Å². The van der Waals surface area contributed by atoms with E-state index in [0.29, 0.717) is 19.0 Å². The fourth-order valence-electron chi connectivity index (χ4n) is 3.34. The Labute approximate surface area is 227 Å². The molecule has 0 atom stereocenters. The summed E-state index contributed by atoms with van der Waals surface area (Å²) in [4.78, 5) is 31.0. The summed E-state index contributed by atoms with van der Waals surface area (Å²) in [5.41, 5.74) is 4.52. The number of fused-ring (bicyclic) bond motifs is 1. The zero-order valence-corrected chi connectivity index (χ0v) is 22.7. The molecule has 8 nitrogen and oxygen atoms in total. The highest BCUT2D eigenvalue weighted by molar-refractivity contribution is 7.22. The zero-order chi connectivity index (χ0) is 27.2. The molecule has 3 aromatic carbocycles. The van der Waals surface area contributed by atoms with E-state index in [9.17, 15) is 9.59 Å². The highest BCUT2D eigenvalue weighted by Crippen LogP contribution is 2.25. The fourth-order valence-corrected chi connectivity index (χ4v) is 4.24. The Morgan fingerprint density at radius 1 is 1.03 bits per heavy atom. The number of thiazole rings is 1. The second kappa shape index (κ2) is 15.1. The number of nitrogens with zero attached hydrogens (tertiary/aromatic N) is 3. The molecule has 0 bridgehead atoms. The summed E-state index contributed by atoms with van der Waals surface area (Å²) in [7, 11) is 1.73. The zero-order valence-electron chi connectivity index (χ0n) is 21.9. The van der Waals surface area contributed by atoms with E-state index in [4.69, 9.17) is 0 Å². The summed E-state index contributed by atoms with van der Waals surface area (Å²) >= 11 is 1.68. The van der Waals surface area contributed by atoms with Crippen LogP contribution >= 0.6 is 11.3 Å². The standard InChI is InChI=1S/C19H19N5OS.C7H8.C3H6O2/c1-24-17(25)12-21-18(24)22-14-8-6-13(7-9-14)10-11-20-19-23-15-4-2-3-5-16(15)26-19;1-7-5-3-2-4-6-7;1-2-5-3-4/h2-9H,10-12H2,1H3,(H,20,23)(H,21,22);2-6H,1H3;3H,2H2,1H3. The fraction of sp³-hybridized carbons (Fsp3) is 0.241. The third-order valence-electron chi connectivity index (χ3n) is 5.42. The van der Waals surface area contributed by atoms with Gasteiger partial charge in [-0.25, -0.2) is 9.98 Å². The Morgan fingerprint density at radius 3 is 2.29 bits per heavy atom. The number of rotatable bonds is 7. The minimum atomic E-state index is 0.00467. The van der Waals surface area contributed by atoms with Gasteiger partial charge in [-0.3, -0.25) is 14.5 Å². The molecule has 0 unspecified atom stereocenters. The van der Waals surface area contributed by atoms with Crippen molar-refractivity contribution in [2.24, 2.45) is 4.99 Å². The number of nitrogens with one attached hydrogen (secondary N) is 2. The van der Waals surface area contributed by atoms with E-state index in [0.717, 1.165) is 29.3 Å². The number of amides is 1. The Bertz CT molecular complexity index is 1290. The van der Waals surface area contributed by atoms with Gasteiger partial charge in [0.1, 0.15) is 6.54 Å². The van der Waals surface area contributed by atoms with E-state index in [1.54, 1.807) is 25.3 Å². The SMILES string of the molecule is CCOC=O.CN1C(=O)CN=C1Nc1ccc(CCNc2nc3ccccc3s2)cc1.Cc1ccccc1. The third-order valence-corrected chi connectivity index (χ3v) is 6.42. The molecule has 1 aromatic heterocycles. The largest absolute Gasteiger partial charge is 0.468 e. The van der Waals surface area contributed by atoms with Crippen LogP contribution in [0, 0.1) is 6.92 Å². The number of aromatic nitrogens is 1. The molecule has 1 aliphatic rings. The molecule has 0 spiro atoms. The Morgan fingerprint density at radius 2 is 1.74 bits per heavy atom. The van der Waals surface area contributed by atoms with Crippen molar-refractivity contribution in [2.75, 3.05) is 37.4 Å². The van der Waals surface area contributed by atoms with Gasteiger partial charge in [0.05, 0.1) is 16.8 Å². The topological polar surface area (TPSA) is 95.9 Å². The number of hydrogen-bond donors (Lipinski definition) is 2. The van der Waals surface area contributed by atoms with Gasteiger partial charge in [0.2, 0.25) is 5.96 Å².